The zero-order valence-electron chi connectivity index (χ0n) is 38.2. The van der Waals surface area contributed by atoms with Gasteiger partial charge in [-0.1, -0.05) is 70.6 Å². The second-order valence-electron chi connectivity index (χ2n) is 19.0. The molecule has 0 amide bonds. The second-order valence-corrected chi connectivity index (χ2v) is 19.0. The summed E-state index contributed by atoms with van der Waals surface area (Å²) in [6.45, 7) is 16.1. The molecule has 2 bridgehead atoms. The maximum absolute atomic E-state index is 14.3. The van der Waals surface area contributed by atoms with Crippen LogP contribution in [0.3, 0.4) is 0 Å². The second kappa shape index (κ2) is 19.7. The number of methoxy groups -OCH3 is 2. The molecule has 4 saturated heterocycles. The van der Waals surface area contributed by atoms with Crippen LogP contribution in [0.4, 0.5) is 0 Å². The van der Waals surface area contributed by atoms with Crippen molar-refractivity contribution in [1.82, 2.24) is 0 Å². The molecule has 0 aromatic rings. The van der Waals surface area contributed by atoms with Gasteiger partial charge < -0.3 is 62.7 Å². The maximum Gasteiger partial charge on any atom is 0.316 e. The van der Waals surface area contributed by atoms with E-state index >= 15 is 0 Å². The summed E-state index contributed by atoms with van der Waals surface area (Å²) < 4.78 is 63.7. The Hall–Kier alpha value is -2.31. The Labute approximate surface area is 367 Å². The molecule has 20 atom stereocenters. The van der Waals surface area contributed by atoms with Gasteiger partial charge in [-0.05, 0) is 62.8 Å². The van der Waals surface area contributed by atoms with Crippen molar-refractivity contribution in [1.29, 1.82) is 0 Å². The molecule has 6 aliphatic heterocycles. The Morgan fingerprint density at radius 1 is 0.887 bits per heavy atom. The van der Waals surface area contributed by atoms with Crippen molar-refractivity contribution in [2.45, 2.75) is 191 Å². The summed E-state index contributed by atoms with van der Waals surface area (Å²) in [5.41, 5.74) is 0.134. The standard InChI is InChI=1S/C48H72O14/c1-11-25(2)43-28(5)17-18-47(62-43)23-34-20-33(61-47)16-15-27(4)42(26(3)13-12-14-32-24-55-45-40(49)29(6)19-35(46(51)58-34)48(32,45)52)59-39-22-37(54-10)44(31(8)57-39)60-38-21-36(53-9)41(50)30(7)56-38/h12-15,17-19,25-26,28,30-31,33-45,49-50,52H,11,16,20-24H2,1-10H3/b13-12+,27-15+,32-14+/t25-,26-,28-,30-,31+,33+,34-,35-,36-,37+,38-,39+,40+,41-,42-,43+,44+,45+,47?,48+/m0/s1. The van der Waals surface area contributed by atoms with Gasteiger partial charge in [-0.15, -0.1) is 0 Å². The summed E-state index contributed by atoms with van der Waals surface area (Å²) in [6.07, 6.45) is 8.55. The SMILES string of the molecule is CC[C@H](C)[C@H]1OC2(C=C[C@@H]1C)C[C@@H]1C[C@@H](C/C=C(\C)[C@@H](O[C@@H]3C[C@@H](OC)[C@H](O[C@H]4C[C@H](OC)[C@@H](O)[C@H](C)O4)[C@@H](C)O3)[C@@H](C)/C=C/C=C3\CO[C@@H]4[C@H](O)C(C)=C[C@@H](C(=O)O1)[C@]34O)O2. The van der Waals surface area contributed by atoms with Gasteiger partial charge in [-0.25, -0.2) is 0 Å². The molecule has 7 aliphatic rings. The quantitative estimate of drug-likeness (QED) is 0.210. The maximum atomic E-state index is 14.3. The molecular formula is C48H72O14. The number of rotatable bonds is 8. The topological polar surface area (TPSA) is 170 Å². The van der Waals surface area contributed by atoms with Gasteiger partial charge in [0.05, 0.1) is 49.3 Å². The molecule has 4 fully saturated rings. The van der Waals surface area contributed by atoms with Gasteiger partial charge in [0.15, 0.2) is 18.4 Å². The lowest BCUT2D eigenvalue weighted by Gasteiger charge is -2.48. The number of esters is 1. The summed E-state index contributed by atoms with van der Waals surface area (Å²) in [7, 11) is 3.22. The fraction of sp³-hybridized carbons (Fsp3) is 0.771. The molecule has 0 radical (unpaired) electrons. The van der Waals surface area contributed by atoms with Crippen molar-refractivity contribution >= 4 is 5.97 Å². The van der Waals surface area contributed by atoms with Gasteiger partial charge in [0, 0.05) is 51.7 Å². The highest BCUT2D eigenvalue weighted by Gasteiger charge is 2.60. The van der Waals surface area contributed by atoms with Gasteiger partial charge >= 0.3 is 5.97 Å². The molecule has 7 rings (SSSR count). The van der Waals surface area contributed by atoms with E-state index < -0.39 is 90.8 Å². The van der Waals surface area contributed by atoms with Gasteiger partial charge in [-0.3, -0.25) is 4.79 Å². The first-order chi connectivity index (χ1) is 29.5. The lowest BCUT2D eigenvalue weighted by Crippen LogP contribution is -2.58. The van der Waals surface area contributed by atoms with E-state index in [0.717, 1.165) is 12.0 Å². The first-order valence-corrected chi connectivity index (χ1v) is 22.9. The lowest BCUT2D eigenvalue weighted by molar-refractivity contribution is -0.318. The van der Waals surface area contributed by atoms with E-state index in [4.69, 9.17) is 47.4 Å². The molecule has 1 spiro atoms. The Morgan fingerprint density at radius 3 is 2.32 bits per heavy atom. The minimum absolute atomic E-state index is 0.0317. The van der Waals surface area contributed by atoms with Crippen LogP contribution < -0.4 is 0 Å². The van der Waals surface area contributed by atoms with Crippen LogP contribution in [0, 0.1) is 23.7 Å². The number of aliphatic hydroxyl groups excluding tert-OH is 2. The third-order valence-corrected chi connectivity index (χ3v) is 14.5. The molecule has 0 aromatic heterocycles. The van der Waals surface area contributed by atoms with Crippen molar-refractivity contribution in [3.8, 4) is 0 Å². The van der Waals surface area contributed by atoms with Gasteiger partial charge in [-0.2, -0.15) is 0 Å². The van der Waals surface area contributed by atoms with Crippen LogP contribution in [-0.4, -0.2) is 139 Å². The fourth-order valence-corrected chi connectivity index (χ4v) is 10.6. The number of carbonyl (C=O) groups excluding carboxylic acids is 1. The Morgan fingerprint density at radius 2 is 1.60 bits per heavy atom. The minimum Gasteiger partial charge on any atom is -0.462 e. The third kappa shape index (κ3) is 9.64. The van der Waals surface area contributed by atoms with Crippen LogP contribution >= 0.6 is 0 Å². The van der Waals surface area contributed by atoms with Crippen LogP contribution in [0.15, 0.2) is 59.3 Å². The summed E-state index contributed by atoms with van der Waals surface area (Å²) in [4.78, 5) is 14.3. The Bertz CT molecular complexity index is 1730. The zero-order valence-corrected chi connectivity index (χ0v) is 38.2. The monoisotopic (exact) mass is 872 g/mol. The molecular weight excluding hydrogens is 801 g/mol. The van der Waals surface area contributed by atoms with E-state index in [1.54, 1.807) is 40.2 Å². The van der Waals surface area contributed by atoms with E-state index in [1.807, 2.05) is 32.1 Å². The molecule has 14 heteroatoms. The minimum atomic E-state index is -1.84. The normalized spacial score (nSPS) is 49.1. The molecule has 0 aromatic carbocycles. The molecule has 3 N–H and O–H groups in total. The van der Waals surface area contributed by atoms with Crippen LogP contribution in [0.25, 0.3) is 0 Å². The van der Waals surface area contributed by atoms with Crippen LogP contribution in [-0.2, 0) is 52.2 Å². The average molecular weight is 873 g/mol. The number of ether oxygens (including phenoxy) is 10. The predicted molar refractivity (Wildman–Crippen MR) is 227 cm³/mol. The summed E-state index contributed by atoms with van der Waals surface area (Å²) in [6, 6.07) is 0. The number of aliphatic hydroxyl groups is 3. The molecule has 1 unspecified atom stereocenters. The first-order valence-electron chi connectivity index (χ1n) is 22.9. The number of hydrogen-bond acceptors (Lipinski definition) is 14. The van der Waals surface area contributed by atoms with Crippen LogP contribution in [0.1, 0.15) is 93.9 Å². The molecule has 14 nitrogen and oxygen atoms in total. The van der Waals surface area contributed by atoms with E-state index in [1.165, 1.54) is 0 Å². The number of carbonyl (C=O) groups is 1. The van der Waals surface area contributed by atoms with Gasteiger partial charge in [0.2, 0.25) is 0 Å². The average Bonchev–Trinajstić information content (AvgIpc) is 3.58. The lowest BCUT2D eigenvalue weighted by atomic mass is 9.71. The van der Waals surface area contributed by atoms with Gasteiger partial charge in [0.25, 0.3) is 0 Å². The van der Waals surface area contributed by atoms with Crippen molar-refractivity contribution in [2.75, 3.05) is 20.8 Å². The number of fused-ring (bicyclic) bond motifs is 2. The number of allylic oxidation sites excluding steroid dienone is 2. The fourth-order valence-electron chi connectivity index (χ4n) is 10.6. The molecule has 1 aliphatic carbocycles. The van der Waals surface area contributed by atoms with Crippen molar-refractivity contribution in [3.05, 3.63) is 59.3 Å². The van der Waals surface area contributed by atoms with E-state index in [2.05, 4.69) is 39.8 Å². The van der Waals surface area contributed by atoms with Crippen LogP contribution in [0.2, 0.25) is 0 Å². The summed E-state index contributed by atoms with van der Waals surface area (Å²) >= 11 is 0. The zero-order chi connectivity index (χ0) is 44.7. The van der Waals surface area contributed by atoms with Gasteiger partial charge in [0.1, 0.15) is 42.0 Å². The van der Waals surface area contributed by atoms with E-state index in [0.29, 0.717) is 43.3 Å². The number of hydrogen-bond donors (Lipinski definition) is 3. The van der Waals surface area contributed by atoms with Crippen molar-refractivity contribution < 1.29 is 67.5 Å². The van der Waals surface area contributed by atoms with Crippen molar-refractivity contribution in [3.63, 3.8) is 0 Å². The summed E-state index contributed by atoms with van der Waals surface area (Å²) in [5, 5.41) is 34.2. The third-order valence-electron chi connectivity index (χ3n) is 14.5. The highest BCUT2D eigenvalue weighted by Crippen LogP contribution is 2.47. The Balaban J connectivity index is 1.18. The first kappa shape index (κ1) is 47.6. The van der Waals surface area contributed by atoms with E-state index in [9.17, 15) is 20.1 Å². The highest BCUT2D eigenvalue weighted by molar-refractivity contribution is 5.78. The smallest absolute Gasteiger partial charge is 0.316 e. The molecule has 348 valence electrons. The van der Waals surface area contributed by atoms with Crippen molar-refractivity contribution in [2.24, 2.45) is 23.7 Å². The molecule has 0 saturated carbocycles. The Kier molecular flexibility index (Phi) is 15.1. The molecule has 6 heterocycles. The highest BCUT2D eigenvalue weighted by atomic mass is 16.7. The van der Waals surface area contributed by atoms with Crippen LogP contribution in [0.5, 0.6) is 0 Å². The molecule has 62 heavy (non-hydrogen) atoms. The predicted octanol–water partition coefficient (Wildman–Crippen LogP) is 5.38. The largest absolute Gasteiger partial charge is 0.462 e. The summed E-state index contributed by atoms with van der Waals surface area (Å²) in [5.74, 6) is -2.56. The van der Waals surface area contributed by atoms with E-state index in [-0.39, 0.29) is 42.7 Å².